The zero-order valence-corrected chi connectivity index (χ0v) is 32.4. The second kappa shape index (κ2) is 22.2. The summed E-state index contributed by atoms with van der Waals surface area (Å²) >= 11 is 0. The van der Waals surface area contributed by atoms with E-state index in [2.05, 4.69) is 20.9 Å². The van der Waals surface area contributed by atoms with Gasteiger partial charge in [0.15, 0.2) is 18.0 Å². The van der Waals surface area contributed by atoms with Gasteiger partial charge in [-0.1, -0.05) is 77.8 Å². The highest BCUT2D eigenvalue weighted by Crippen LogP contribution is 2.28. The number of aliphatic hydroxyl groups excluding tert-OH is 3. The maximum Gasteiger partial charge on any atom is 0.331 e. The fraction of sp³-hybridized carbons (Fsp3) is 0.676. The zero-order chi connectivity index (χ0) is 40.7. The molecule has 2 rings (SSSR count). The number of guanidine groups is 1. The summed E-state index contributed by atoms with van der Waals surface area (Å²) in [6.07, 6.45) is -1.61. The van der Waals surface area contributed by atoms with Gasteiger partial charge >= 0.3 is 5.97 Å². The fourth-order valence-corrected chi connectivity index (χ4v) is 6.54. The van der Waals surface area contributed by atoms with Gasteiger partial charge in [0.05, 0.1) is 50.3 Å². The monoisotopic (exact) mass is 763 g/mol. The summed E-state index contributed by atoms with van der Waals surface area (Å²) in [5.41, 5.74) is 11.2. The van der Waals surface area contributed by atoms with Gasteiger partial charge in [-0.05, 0) is 30.2 Å². The number of benzene rings is 1. The molecule has 1 aliphatic rings. The van der Waals surface area contributed by atoms with E-state index in [0.29, 0.717) is 37.8 Å². The fourth-order valence-electron chi connectivity index (χ4n) is 6.54. The number of methoxy groups -OCH3 is 2. The number of nitrogens with one attached hydrogen (secondary N) is 3. The van der Waals surface area contributed by atoms with Crippen LogP contribution in [0, 0.1) is 17.8 Å². The topological polar surface area (TPSA) is 268 Å². The van der Waals surface area contributed by atoms with Gasteiger partial charge in [0.2, 0.25) is 23.6 Å². The van der Waals surface area contributed by atoms with Gasteiger partial charge in [0.1, 0.15) is 12.1 Å². The molecule has 54 heavy (non-hydrogen) atoms. The number of esters is 1. The SMILES string of the molecule is CC[C@H](C)[C@H](NC(=O)[C@@H](NC(=O)[C@H](CO)N=C(N)N)[C@@H](C)CC)[C@@H](CC(=O)N1CCC[C@H]1[C@H](O)[C@@H](C)C(=O)N[C@H](C(=O)OC)[C@H](O)c1ccccc1)OC. The number of rotatable bonds is 21. The summed E-state index contributed by atoms with van der Waals surface area (Å²) < 4.78 is 10.6. The Morgan fingerprint density at radius 3 is 2.06 bits per heavy atom. The number of nitrogens with two attached hydrogens (primary N) is 2. The molecule has 1 saturated heterocycles. The second-order valence-electron chi connectivity index (χ2n) is 14.0. The normalized spacial score (nSPS) is 19.7. The maximum atomic E-state index is 13.9. The number of aliphatic imine (C=N–C) groups is 1. The molecule has 17 nitrogen and oxygen atoms in total. The zero-order valence-electron chi connectivity index (χ0n) is 32.4. The molecule has 0 radical (unpaired) electrons. The first-order valence-electron chi connectivity index (χ1n) is 18.5. The summed E-state index contributed by atoms with van der Waals surface area (Å²) in [4.78, 5) is 71.9. The van der Waals surface area contributed by atoms with Crippen LogP contribution in [0.4, 0.5) is 0 Å². The molecule has 1 heterocycles. The molecule has 17 heteroatoms. The summed E-state index contributed by atoms with van der Waals surface area (Å²) in [5.74, 6) is -5.19. The highest BCUT2D eigenvalue weighted by atomic mass is 16.5. The average Bonchev–Trinajstić information content (AvgIpc) is 3.67. The van der Waals surface area contributed by atoms with Gasteiger partial charge in [0, 0.05) is 13.7 Å². The smallest absolute Gasteiger partial charge is 0.331 e. The second-order valence-corrected chi connectivity index (χ2v) is 14.0. The van der Waals surface area contributed by atoms with Crippen molar-refractivity contribution < 1.29 is 48.8 Å². The Balaban J connectivity index is 2.23. The van der Waals surface area contributed by atoms with E-state index in [-0.39, 0.29) is 24.2 Å². The first-order valence-corrected chi connectivity index (χ1v) is 18.5. The average molecular weight is 764 g/mol. The van der Waals surface area contributed by atoms with Crippen LogP contribution in [0.2, 0.25) is 0 Å². The molecule has 0 saturated carbocycles. The van der Waals surface area contributed by atoms with Crippen molar-refractivity contribution >= 4 is 35.6 Å². The van der Waals surface area contributed by atoms with Crippen LogP contribution < -0.4 is 27.4 Å². The number of hydrogen-bond acceptors (Lipinski definition) is 11. The summed E-state index contributed by atoms with van der Waals surface area (Å²) in [5, 5.41) is 40.2. The van der Waals surface area contributed by atoms with Crippen molar-refractivity contribution in [2.75, 3.05) is 27.4 Å². The minimum absolute atomic E-state index is 0.166. The van der Waals surface area contributed by atoms with E-state index in [0.717, 1.165) is 7.11 Å². The largest absolute Gasteiger partial charge is 0.467 e. The van der Waals surface area contributed by atoms with Gasteiger partial charge in [-0.25, -0.2) is 9.79 Å². The van der Waals surface area contributed by atoms with Crippen LogP contribution in [0.25, 0.3) is 0 Å². The third-order valence-electron chi connectivity index (χ3n) is 10.4. The van der Waals surface area contributed by atoms with Crippen LogP contribution in [-0.4, -0.2) is 126 Å². The van der Waals surface area contributed by atoms with E-state index in [1.807, 2.05) is 20.8 Å². The lowest BCUT2D eigenvalue weighted by Gasteiger charge is -2.36. The van der Waals surface area contributed by atoms with Crippen LogP contribution in [0.5, 0.6) is 0 Å². The van der Waals surface area contributed by atoms with Crippen LogP contribution in [0.15, 0.2) is 35.3 Å². The predicted molar refractivity (Wildman–Crippen MR) is 200 cm³/mol. The number of carbonyl (C=O) groups excluding carboxylic acids is 5. The third kappa shape index (κ3) is 12.4. The standard InChI is InChI=1S/C37H61N7O10/c1-8-20(3)28(41-35(51)29(21(4)9-2)42-34(50)24(19-45)40-37(38)39)26(53-6)18-27(46)44-17-13-16-25(44)31(47)22(5)33(49)43-30(36(52)54-7)32(48)23-14-11-10-12-15-23/h10-12,14-15,20-22,24-26,28-32,45,47-48H,8-9,13,16-19H2,1-7H3,(H,41,51)(H,42,50)(H,43,49)(H4,38,39,40)/t20-,21-,22+,24-,25-,26+,28-,29-,30-,31+,32+/m0/s1. The van der Waals surface area contributed by atoms with E-state index in [4.69, 9.17) is 20.9 Å². The van der Waals surface area contributed by atoms with Crippen LogP contribution in [-0.2, 0) is 33.4 Å². The van der Waals surface area contributed by atoms with Crippen molar-refractivity contribution in [3.8, 4) is 0 Å². The first kappa shape index (κ1) is 45.8. The van der Waals surface area contributed by atoms with Crippen LogP contribution in [0.3, 0.4) is 0 Å². The lowest BCUT2D eigenvalue weighted by molar-refractivity contribution is -0.150. The Kier molecular flexibility index (Phi) is 18.8. The lowest BCUT2D eigenvalue weighted by atomic mass is 9.90. The molecule has 10 N–H and O–H groups in total. The number of ether oxygens (including phenoxy) is 2. The molecule has 1 aromatic carbocycles. The number of nitrogens with zero attached hydrogens (tertiary/aromatic N) is 2. The number of carbonyl (C=O) groups is 5. The molecular formula is C37H61N7O10. The number of aliphatic hydroxyl groups is 3. The van der Waals surface area contributed by atoms with Crippen LogP contribution >= 0.6 is 0 Å². The minimum Gasteiger partial charge on any atom is -0.467 e. The summed E-state index contributed by atoms with van der Waals surface area (Å²) in [6, 6.07) is 3.11. The quantitative estimate of drug-likeness (QED) is 0.0446. The Bertz CT molecular complexity index is 1410. The number of likely N-dealkylation sites (tertiary alicyclic amines) is 1. The van der Waals surface area contributed by atoms with Crippen molar-refractivity contribution in [3.05, 3.63) is 35.9 Å². The van der Waals surface area contributed by atoms with Crippen molar-refractivity contribution in [1.82, 2.24) is 20.9 Å². The molecule has 0 aromatic heterocycles. The predicted octanol–water partition coefficient (Wildman–Crippen LogP) is -0.533. The molecule has 1 aliphatic heterocycles. The van der Waals surface area contributed by atoms with E-state index in [9.17, 15) is 39.3 Å². The molecule has 0 unspecified atom stereocenters. The molecule has 1 aromatic rings. The van der Waals surface area contributed by atoms with E-state index < -0.39 is 90.7 Å². The Labute approximate surface area is 317 Å². The third-order valence-corrected chi connectivity index (χ3v) is 10.4. The van der Waals surface area contributed by atoms with Crippen molar-refractivity contribution in [3.63, 3.8) is 0 Å². The Hall–Kier alpha value is -4.32. The maximum absolute atomic E-state index is 13.9. The van der Waals surface area contributed by atoms with Gasteiger partial charge in [-0.3, -0.25) is 19.2 Å². The van der Waals surface area contributed by atoms with Gasteiger partial charge in [0.25, 0.3) is 0 Å². The molecule has 0 bridgehead atoms. The van der Waals surface area contributed by atoms with E-state index in [1.54, 1.807) is 37.3 Å². The highest BCUT2D eigenvalue weighted by molar-refractivity contribution is 5.92. The molecule has 304 valence electrons. The molecule has 11 atom stereocenters. The van der Waals surface area contributed by atoms with Crippen LogP contribution in [0.1, 0.15) is 78.4 Å². The summed E-state index contributed by atoms with van der Waals surface area (Å²) in [6.45, 7) is 8.58. The van der Waals surface area contributed by atoms with E-state index in [1.165, 1.54) is 18.9 Å². The highest BCUT2D eigenvalue weighted by Gasteiger charge is 2.42. The van der Waals surface area contributed by atoms with Crippen molar-refractivity contribution in [2.45, 2.75) is 115 Å². The lowest BCUT2D eigenvalue weighted by Crippen LogP contribution is -2.58. The molecular weight excluding hydrogens is 702 g/mol. The molecule has 0 aliphatic carbocycles. The molecule has 1 fully saturated rings. The molecule has 0 spiro atoms. The minimum atomic E-state index is -1.45. The van der Waals surface area contributed by atoms with Crippen molar-refractivity contribution in [2.24, 2.45) is 34.2 Å². The Morgan fingerprint density at radius 2 is 1.52 bits per heavy atom. The first-order chi connectivity index (χ1) is 25.6. The molecule has 4 amide bonds. The van der Waals surface area contributed by atoms with Crippen molar-refractivity contribution in [1.29, 1.82) is 0 Å². The van der Waals surface area contributed by atoms with Gasteiger partial charge in [-0.2, -0.15) is 0 Å². The van der Waals surface area contributed by atoms with Gasteiger partial charge in [-0.15, -0.1) is 0 Å². The number of amides is 4. The van der Waals surface area contributed by atoms with Gasteiger partial charge < -0.3 is 57.1 Å². The Morgan fingerprint density at radius 1 is 0.907 bits per heavy atom. The summed E-state index contributed by atoms with van der Waals surface area (Å²) in [7, 11) is 2.56. The number of hydrogen-bond donors (Lipinski definition) is 8. The van der Waals surface area contributed by atoms with E-state index >= 15 is 0 Å².